The number of hydrogen-bond donors (Lipinski definition) is 2. The van der Waals surface area contributed by atoms with Crippen LogP contribution in [-0.2, 0) is 0 Å². The van der Waals surface area contributed by atoms with E-state index in [4.69, 9.17) is 0 Å². The molecule has 0 bridgehead atoms. The van der Waals surface area contributed by atoms with Crippen LogP contribution in [0.3, 0.4) is 0 Å². The highest BCUT2D eigenvalue weighted by Crippen LogP contribution is 2.42. The van der Waals surface area contributed by atoms with E-state index >= 15 is 0 Å². The summed E-state index contributed by atoms with van der Waals surface area (Å²) in [5.41, 5.74) is 1.06. The second-order valence-corrected chi connectivity index (χ2v) is 6.13. The van der Waals surface area contributed by atoms with Gasteiger partial charge in [0.1, 0.15) is 0 Å². The molecule has 15 heavy (non-hydrogen) atoms. The number of nitrogens with one attached hydrogen (secondary N) is 1. The van der Waals surface area contributed by atoms with Crippen LogP contribution in [0.5, 0.6) is 0 Å². The van der Waals surface area contributed by atoms with Gasteiger partial charge in [0.2, 0.25) is 0 Å². The molecule has 1 heterocycles. The van der Waals surface area contributed by atoms with E-state index in [0.29, 0.717) is 6.04 Å². The molecule has 2 rings (SSSR count). The topological polar surface area (TPSA) is 45.2 Å². The maximum atomic E-state index is 9.63. The highest BCUT2D eigenvalue weighted by molar-refractivity contribution is 7.15. The highest BCUT2D eigenvalue weighted by atomic mass is 32.1. The minimum Gasteiger partial charge on any atom is -0.392 e. The zero-order valence-electron chi connectivity index (χ0n) is 9.66. The standard InChI is InChI=1S/C11H18N2OS/c1-6-7(2)15-10(12-6)13-8-5-9(14)11(8,3)4/h8-9,14H,5H2,1-4H3,(H,12,13). The van der Waals surface area contributed by atoms with E-state index in [9.17, 15) is 5.11 Å². The lowest BCUT2D eigenvalue weighted by molar-refractivity contribution is -0.0510. The summed E-state index contributed by atoms with van der Waals surface area (Å²) < 4.78 is 0. The SMILES string of the molecule is Cc1nc(NC2CC(O)C2(C)C)sc1C. The average molecular weight is 226 g/mol. The van der Waals surface area contributed by atoms with Crippen LogP contribution in [0, 0.1) is 19.3 Å². The Labute approximate surface area is 94.5 Å². The Kier molecular flexibility index (Phi) is 2.51. The van der Waals surface area contributed by atoms with Gasteiger partial charge in [0.05, 0.1) is 11.8 Å². The molecule has 1 saturated carbocycles. The maximum Gasteiger partial charge on any atom is 0.183 e. The molecule has 0 aromatic carbocycles. The second kappa shape index (κ2) is 3.46. The van der Waals surface area contributed by atoms with Crippen LogP contribution in [0.2, 0.25) is 0 Å². The molecule has 3 nitrogen and oxygen atoms in total. The van der Waals surface area contributed by atoms with Crippen LogP contribution >= 0.6 is 11.3 Å². The van der Waals surface area contributed by atoms with Crippen molar-refractivity contribution >= 4 is 16.5 Å². The van der Waals surface area contributed by atoms with Crippen molar-refractivity contribution in [1.29, 1.82) is 0 Å². The Hall–Kier alpha value is -0.610. The largest absolute Gasteiger partial charge is 0.392 e. The van der Waals surface area contributed by atoms with Crippen molar-refractivity contribution < 1.29 is 5.11 Å². The van der Waals surface area contributed by atoms with Crippen molar-refractivity contribution in [2.45, 2.75) is 46.3 Å². The molecule has 1 aliphatic rings. The second-order valence-electron chi connectivity index (χ2n) is 4.93. The van der Waals surface area contributed by atoms with E-state index in [2.05, 4.69) is 31.1 Å². The summed E-state index contributed by atoms with van der Waals surface area (Å²) in [4.78, 5) is 5.71. The van der Waals surface area contributed by atoms with Gasteiger partial charge in [-0.15, -0.1) is 11.3 Å². The first-order chi connectivity index (χ1) is 6.91. The Morgan fingerprint density at radius 2 is 2.13 bits per heavy atom. The van der Waals surface area contributed by atoms with Gasteiger partial charge in [-0.1, -0.05) is 13.8 Å². The number of anilines is 1. The minimum atomic E-state index is -0.183. The molecule has 2 atom stereocenters. The molecule has 2 N–H and O–H groups in total. The van der Waals surface area contributed by atoms with Gasteiger partial charge in [-0.05, 0) is 20.3 Å². The first-order valence-electron chi connectivity index (χ1n) is 5.30. The molecule has 0 radical (unpaired) electrons. The lowest BCUT2D eigenvalue weighted by Gasteiger charge is -2.49. The molecule has 0 aliphatic heterocycles. The van der Waals surface area contributed by atoms with Crippen molar-refractivity contribution in [3.05, 3.63) is 10.6 Å². The zero-order valence-corrected chi connectivity index (χ0v) is 10.5. The summed E-state index contributed by atoms with van der Waals surface area (Å²) in [5.74, 6) is 0. The fourth-order valence-corrected chi connectivity index (χ4v) is 2.70. The maximum absolute atomic E-state index is 9.63. The summed E-state index contributed by atoms with van der Waals surface area (Å²) in [7, 11) is 0. The summed E-state index contributed by atoms with van der Waals surface area (Å²) in [5, 5.41) is 14.0. The van der Waals surface area contributed by atoms with Gasteiger partial charge in [0, 0.05) is 16.3 Å². The van der Waals surface area contributed by atoms with Gasteiger partial charge in [-0.3, -0.25) is 0 Å². The third-order valence-corrected chi connectivity index (χ3v) is 4.55. The predicted octanol–water partition coefficient (Wildman–Crippen LogP) is 2.33. The molecule has 1 fully saturated rings. The van der Waals surface area contributed by atoms with Crippen LogP contribution in [-0.4, -0.2) is 22.2 Å². The fourth-order valence-electron chi connectivity index (χ4n) is 1.83. The monoisotopic (exact) mass is 226 g/mol. The Balaban J connectivity index is 2.05. The average Bonchev–Trinajstić information content (AvgIpc) is 2.46. The molecule has 84 valence electrons. The molecule has 2 unspecified atom stereocenters. The molecule has 4 heteroatoms. The third-order valence-electron chi connectivity index (χ3n) is 3.54. The van der Waals surface area contributed by atoms with Gasteiger partial charge >= 0.3 is 0 Å². The van der Waals surface area contributed by atoms with E-state index < -0.39 is 0 Å². The summed E-state index contributed by atoms with van der Waals surface area (Å²) in [6.45, 7) is 8.29. The molecule has 1 aromatic rings. The van der Waals surface area contributed by atoms with E-state index in [1.54, 1.807) is 11.3 Å². The third kappa shape index (κ3) is 1.76. The van der Waals surface area contributed by atoms with Crippen molar-refractivity contribution in [1.82, 2.24) is 4.98 Å². The van der Waals surface area contributed by atoms with E-state index in [0.717, 1.165) is 17.2 Å². The van der Waals surface area contributed by atoms with Crippen LogP contribution in [0.25, 0.3) is 0 Å². The lowest BCUT2D eigenvalue weighted by atomic mass is 9.65. The molecule has 0 spiro atoms. The predicted molar refractivity (Wildman–Crippen MR) is 63.4 cm³/mol. The van der Waals surface area contributed by atoms with E-state index in [1.165, 1.54) is 4.88 Å². The number of thiazole rings is 1. The van der Waals surface area contributed by atoms with Gasteiger partial charge in [-0.2, -0.15) is 0 Å². The lowest BCUT2D eigenvalue weighted by Crippen LogP contribution is -2.56. The van der Waals surface area contributed by atoms with Crippen LogP contribution in [0.15, 0.2) is 0 Å². The first kappa shape index (κ1) is 10.9. The number of aryl methyl sites for hydroxylation is 2. The van der Waals surface area contributed by atoms with Gasteiger partial charge < -0.3 is 10.4 Å². The Morgan fingerprint density at radius 3 is 2.53 bits per heavy atom. The molecule has 0 amide bonds. The van der Waals surface area contributed by atoms with Gasteiger partial charge in [-0.25, -0.2) is 4.98 Å². The fraction of sp³-hybridized carbons (Fsp3) is 0.727. The minimum absolute atomic E-state index is 0.0342. The number of nitrogens with zero attached hydrogens (tertiary/aromatic N) is 1. The van der Waals surface area contributed by atoms with Crippen molar-refractivity contribution in [3.8, 4) is 0 Å². The number of rotatable bonds is 2. The molecule has 0 saturated heterocycles. The van der Waals surface area contributed by atoms with E-state index in [-0.39, 0.29) is 11.5 Å². The van der Waals surface area contributed by atoms with E-state index in [1.807, 2.05) is 6.92 Å². The van der Waals surface area contributed by atoms with Gasteiger partial charge in [0.25, 0.3) is 0 Å². The summed E-state index contributed by atoms with van der Waals surface area (Å²) in [6, 6.07) is 0.345. The summed E-state index contributed by atoms with van der Waals surface area (Å²) >= 11 is 1.69. The van der Waals surface area contributed by atoms with Crippen LogP contribution in [0.4, 0.5) is 5.13 Å². The highest BCUT2D eigenvalue weighted by Gasteiger charge is 2.47. The van der Waals surface area contributed by atoms with Crippen LogP contribution < -0.4 is 5.32 Å². The summed E-state index contributed by atoms with van der Waals surface area (Å²) in [6.07, 6.45) is 0.641. The molecule has 1 aliphatic carbocycles. The van der Waals surface area contributed by atoms with Gasteiger partial charge in [0.15, 0.2) is 5.13 Å². The number of aliphatic hydroxyl groups is 1. The molecule has 1 aromatic heterocycles. The van der Waals surface area contributed by atoms with Crippen molar-refractivity contribution in [2.24, 2.45) is 5.41 Å². The molecular weight excluding hydrogens is 208 g/mol. The number of hydrogen-bond acceptors (Lipinski definition) is 4. The Bertz CT molecular complexity index is 353. The van der Waals surface area contributed by atoms with Crippen molar-refractivity contribution in [2.75, 3.05) is 5.32 Å². The first-order valence-corrected chi connectivity index (χ1v) is 6.11. The normalized spacial score (nSPS) is 28.6. The number of aliphatic hydroxyl groups excluding tert-OH is 1. The van der Waals surface area contributed by atoms with Crippen molar-refractivity contribution in [3.63, 3.8) is 0 Å². The van der Waals surface area contributed by atoms with Crippen LogP contribution in [0.1, 0.15) is 30.8 Å². The smallest absolute Gasteiger partial charge is 0.183 e. The zero-order chi connectivity index (χ0) is 11.2. The molecular formula is C11H18N2OS. The quantitative estimate of drug-likeness (QED) is 0.813. The Morgan fingerprint density at radius 1 is 1.47 bits per heavy atom. The number of aromatic nitrogens is 1.